The van der Waals surface area contributed by atoms with Crippen molar-refractivity contribution < 1.29 is 26.7 Å². The third-order valence-corrected chi connectivity index (χ3v) is 5.55. The van der Waals surface area contributed by atoms with E-state index in [-0.39, 0.29) is 26.9 Å². The molecule has 3 rings (SSSR count). The quantitative estimate of drug-likeness (QED) is 0.528. The van der Waals surface area contributed by atoms with Crippen molar-refractivity contribution in [2.45, 2.75) is 11.5 Å². The van der Waals surface area contributed by atoms with Crippen LogP contribution in [0.1, 0.15) is 10.4 Å². The van der Waals surface area contributed by atoms with Crippen LogP contribution >= 0.6 is 11.6 Å². The number of nitrogens with one attached hydrogen (secondary N) is 2. The van der Waals surface area contributed by atoms with Gasteiger partial charge in [0.1, 0.15) is 5.75 Å². The first-order valence-electron chi connectivity index (χ1n) is 8.48. The lowest BCUT2D eigenvalue weighted by Gasteiger charge is -2.10. The van der Waals surface area contributed by atoms with Gasteiger partial charge in [0.05, 0.1) is 9.92 Å². The van der Waals surface area contributed by atoms with Gasteiger partial charge in [-0.1, -0.05) is 29.8 Å². The summed E-state index contributed by atoms with van der Waals surface area (Å²) in [4.78, 5) is 12.4. The van der Waals surface area contributed by atoms with Gasteiger partial charge in [0.25, 0.3) is 15.9 Å². The Labute approximate surface area is 176 Å². The van der Waals surface area contributed by atoms with E-state index in [2.05, 4.69) is 14.8 Å². The summed E-state index contributed by atoms with van der Waals surface area (Å²) in [6.45, 7) is -3.02. The molecule has 1 amide bonds. The lowest BCUT2D eigenvalue weighted by atomic mass is 10.2. The molecule has 0 aliphatic heterocycles. The standard InChI is InChI=1S/C20H15ClF2N2O4S/c21-17-12-15(8-11-18(17)29-20(22)23)24-19(26)13-6-9-16(10-7-13)30(27,28)25-14-4-2-1-3-5-14/h1-12,20,25H,(H,24,26). The zero-order valence-electron chi connectivity index (χ0n) is 15.2. The topological polar surface area (TPSA) is 84.5 Å². The van der Waals surface area contributed by atoms with Crippen LogP contribution in [0.5, 0.6) is 5.75 Å². The fraction of sp³-hybridized carbons (Fsp3) is 0.0500. The SMILES string of the molecule is O=C(Nc1ccc(OC(F)F)c(Cl)c1)c1ccc(S(=O)(=O)Nc2ccccc2)cc1. The van der Waals surface area contributed by atoms with E-state index in [0.717, 1.165) is 0 Å². The molecule has 0 bridgehead atoms. The lowest BCUT2D eigenvalue weighted by Crippen LogP contribution is -2.15. The molecule has 0 atom stereocenters. The number of carbonyl (C=O) groups excluding carboxylic acids is 1. The van der Waals surface area contributed by atoms with Crippen LogP contribution in [0, 0.1) is 0 Å². The minimum Gasteiger partial charge on any atom is -0.433 e. The van der Waals surface area contributed by atoms with E-state index < -0.39 is 22.5 Å². The molecule has 0 fully saturated rings. The second-order valence-corrected chi connectivity index (χ2v) is 8.06. The average molecular weight is 453 g/mol. The van der Waals surface area contributed by atoms with Crippen molar-refractivity contribution in [2.75, 3.05) is 10.0 Å². The Kier molecular flexibility index (Phi) is 6.53. The number of sulfonamides is 1. The van der Waals surface area contributed by atoms with Crippen molar-refractivity contribution >= 4 is 38.9 Å². The smallest absolute Gasteiger partial charge is 0.387 e. The molecule has 2 N–H and O–H groups in total. The molecule has 6 nitrogen and oxygen atoms in total. The van der Waals surface area contributed by atoms with Crippen molar-refractivity contribution in [3.05, 3.63) is 83.4 Å². The van der Waals surface area contributed by atoms with Crippen LogP contribution in [-0.4, -0.2) is 20.9 Å². The van der Waals surface area contributed by atoms with E-state index in [0.29, 0.717) is 5.69 Å². The van der Waals surface area contributed by atoms with Gasteiger partial charge in [0, 0.05) is 16.9 Å². The van der Waals surface area contributed by atoms with Crippen LogP contribution in [0.15, 0.2) is 77.7 Å². The number of para-hydroxylation sites is 1. The number of halogens is 3. The molecular formula is C20H15ClF2N2O4S. The minimum absolute atomic E-state index is 0.0144. The maximum atomic E-state index is 12.4. The summed E-state index contributed by atoms with van der Waals surface area (Å²) in [7, 11) is -3.81. The molecule has 0 saturated carbocycles. The number of amides is 1. The van der Waals surface area contributed by atoms with Gasteiger partial charge in [-0.2, -0.15) is 8.78 Å². The van der Waals surface area contributed by atoms with Gasteiger partial charge < -0.3 is 10.1 Å². The average Bonchev–Trinajstić information content (AvgIpc) is 2.70. The highest BCUT2D eigenvalue weighted by atomic mass is 35.5. The first kappa shape index (κ1) is 21.5. The Morgan fingerprint density at radius 3 is 2.20 bits per heavy atom. The van der Waals surface area contributed by atoms with Crippen molar-refractivity contribution in [3.63, 3.8) is 0 Å². The highest BCUT2D eigenvalue weighted by molar-refractivity contribution is 7.92. The maximum Gasteiger partial charge on any atom is 0.387 e. The molecule has 0 aromatic heterocycles. The number of benzene rings is 3. The van der Waals surface area contributed by atoms with E-state index in [1.807, 2.05) is 0 Å². The molecular weight excluding hydrogens is 438 g/mol. The molecule has 10 heteroatoms. The van der Waals surface area contributed by atoms with Crippen molar-refractivity contribution in [1.82, 2.24) is 0 Å². The van der Waals surface area contributed by atoms with Crippen LogP contribution in [0.3, 0.4) is 0 Å². The fourth-order valence-electron chi connectivity index (χ4n) is 2.48. The summed E-state index contributed by atoms with van der Waals surface area (Å²) in [5, 5.41) is 2.45. The number of hydrogen-bond acceptors (Lipinski definition) is 4. The number of rotatable bonds is 7. The normalized spacial score (nSPS) is 11.2. The molecule has 0 spiro atoms. The Balaban J connectivity index is 1.70. The first-order valence-corrected chi connectivity index (χ1v) is 10.3. The zero-order chi connectivity index (χ0) is 21.7. The molecule has 156 valence electrons. The number of anilines is 2. The van der Waals surface area contributed by atoms with Gasteiger partial charge in [-0.3, -0.25) is 9.52 Å². The van der Waals surface area contributed by atoms with Crippen LogP contribution in [-0.2, 0) is 10.0 Å². The van der Waals surface area contributed by atoms with E-state index in [1.165, 1.54) is 42.5 Å². The van der Waals surface area contributed by atoms with E-state index in [1.54, 1.807) is 30.3 Å². The predicted molar refractivity (Wildman–Crippen MR) is 110 cm³/mol. The highest BCUT2D eigenvalue weighted by Crippen LogP contribution is 2.29. The van der Waals surface area contributed by atoms with Crippen LogP contribution < -0.4 is 14.8 Å². The van der Waals surface area contributed by atoms with Crippen LogP contribution in [0.4, 0.5) is 20.2 Å². The fourth-order valence-corrected chi connectivity index (χ4v) is 3.76. The minimum atomic E-state index is -3.81. The highest BCUT2D eigenvalue weighted by Gasteiger charge is 2.16. The largest absolute Gasteiger partial charge is 0.433 e. The van der Waals surface area contributed by atoms with Crippen molar-refractivity contribution in [1.29, 1.82) is 0 Å². The second-order valence-electron chi connectivity index (χ2n) is 5.97. The van der Waals surface area contributed by atoms with Crippen LogP contribution in [0.25, 0.3) is 0 Å². The maximum absolute atomic E-state index is 12.4. The molecule has 0 aliphatic carbocycles. The van der Waals surface area contributed by atoms with E-state index >= 15 is 0 Å². The zero-order valence-corrected chi connectivity index (χ0v) is 16.8. The van der Waals surface area contributed by atoms with Gasteiger partial charge in [-0.15, -0.1) is 0 Å². The van der Waals surface area contributed by atoms with Gasteiger partial charge in [-0.25, -0.2) is 8.42 Å². The Hall–Kier alpha value is -3.17. The summed E-state index contributed by atoms with van der Waals surface area (Å²) < 4.78 is 56.1. The van der Waals surface area contributed by atoms with Crippen molar-refractivity contribution in [3.8, 4) is 5.75 Å². The second kappa shape index (κ2) is 9.10. The van der Waals surface area contributed by atoms with Gasteiger partial charge >= 0.3 is 6.61 Å². The monoisotopic (exact) mass is 452 g/mol. The Morgan fingerprint density at radius 1 is 0.933 bits per heavy atom. The summed E-state index contributed by atoms with van der Waals surface area (Å²) in [6.07, 6.45) is 0. The van der Waals surface area contributed by atoms with E-state index in [9.17, 15) is 22.0 Å². The van der Waals surface area contributed by atoms with Gasteiger partial charge in [0.15, 0.2) is 0 Å². The summed E-state index contributed by atoms with van der Waals surface area (Å²) in [5.74, 6) is -0.751. The summed E-state index contributed by atoms with van der Waals surface area (Å²) in [6, 6.07) is 17.5. The number of ether oxygens (including phenoxy) is 1. The predicted octanol–water partition coefficient (Wildman–Crippen LogP) is 4.99. The van der Waals surface area contributed by atoms with Gasteiger partial charge in [0.2, 0.25) is 0 Å². The Morgan fingerprint density at radius 2 is 1.60 bits per heavy atom. The molecule has 0 radical (unpaired) electrons. The number of hydrogen-bond donors (Lipinski definition) is 2. The summed E-state index contributed by atoms with van der Waals surface area (Å²) in [5.41, 5.74) is 0.863. The molecule has 0 unspecified atom stereocenters. The first-order chi connectivity index (χ1) is 14.2. The molecule has 0 aliphatic rings. The summed E-state index contributed by atoms with van der Waals surface area (Å²) >= 11 is 5.86. The molecule has 3 aromatic rings. The molecule has 30 heavy (non-hydrogen) atoms. The number of alkyl halides is 2. The third kappa shape index (κ3) is 5.46. The van der Waals surface area contributed by atoms with Crippen molar-refractivity contribution in [2.24, 2.45) is 0 Å². The third-order valence-electron chi connectivity index (χ3n) is 3.86. The molecule has 0 saturated heterocycles. The van der Waals surface area contributed by atoms with E-state index in [4.69, 9.17) is 11.6 Å². The lowest BCUT2D eigenvalue weighted by molar-refractivity contribution is -0.0497. The molecule has 0 heterocycles. The Bertz CT molecular complexity index is 1140. The number of carbonyl (C=O) groups is 1. The molecule has 3 aromatic carbocycles. The van der Waals surface area contributed by atoms with Gasteiger partial charge in [-0.05, 0) is 54.6 Å². The van der Waals surface area contributed by atoms with Crippen LogP contribution in [0.2, 0.25) is 5.02 Å².